The lowest BCUT2D eigenvalue weighted by Crippen LogP contribution is -2.29. The van der Waals surface area contributed by atoms with Crippen LogP contribution in [0.4, 0.5) is 5.69 Å². The summed E-state index contributed by atoms with van der Waals surface area (Å²) in [5.41, 5.74) is 2.75. The Labute approximate surface area is 97.7 Å². The van der Waals surface area contributed by atoms with Crippen LogP contribution in [0.25, 0.3) is 0 Å². The molecule has 0 saturated carbocycles. The molecular weight excluding hydrogens is 196 g/mol. The molecule has 1 N–H and O–H groups in total. The van der Waals surface area contributed by atoms with Crippen LogP contribution >= 0.6 is 0 Å². The molecule has 0 aromatic heterocycles. The van der Waals surface area contributed by atoms with Crippen LogP contribution in [0.15, 0.2) is 24.3 Å². The SMILES string of the molecule is C#CCCCN1CCNCc2ccccc21. The maximum absolute atomic E-state index is 5.29. The molecule has 84 valence electrons. The Kier molecular flexibility index (Phi) is 3.85. The van der Waals surface area contributed by atoms with Crippen molar-refractivity contribution >= 4 is 5.69 Å². The Balaban J connectivity index is 2.10. The predicted octanol–water partition coefficient (Wildman–Crippen LogP) is 2.01. The Bertz CT molecular complexity index is 379. The first-order valence-corrected chi connectivity index (χ1v) is 5.89. The fourth-order valence-corrected chi connectivity index (χ4v) is 2.13. The molecule has 1 aromatic carbocycles. The number of anilines is 1. The van der Waals surface area contributed by atoms with Gasteiger partial charge in [-0.25, -0.2) is 0 Å². The van der Waals surface area contributed by atoms with Gasteiger partial charge in [-0.15, -0.1) is 12.3 Å². The van der Waals surface area contributed by atoms with Crippen molar-refractivity contribution in [2.45, 2.75) is 19.4 Å². The van der Waals surface area contributed by atoms with E-state index in [1.807, 2.05) is 0 Å². The van der Waals surface area contributed by atoms with Crippen molar-refractivity contribution in [1.29, 1.82) is 0 Å². The van der Waals surface area contributed by atoms with Crippen LogP contribution in [-0.2, 0) is 6.54 Å². The highest BCUT2D eigenvalue weighted by Gasteiger charge is 2.13. The monoisotopic (exact) mass is 214 g/mol. The van der Waals surface area contributed by atoms with Crippen molar-refractivity contribution in [2.75, 3.05) is 24.5 Å². The van der Waals surface area contributed by atoms with Gasteiger partial charge in [0.2, 0.25) is 0 Å². The third kappa shape index (κ3) is 2.56. The quantitative estimate of drug-likeness (QED) is 0.611. The molecule has 0 aliphatic carbocycles. The largest absolute Gasteiger partial charge is 0.370 e. The molecule has 0 unspecified atom stereocenters. The highest BCUT2D eigenvalue weighted by molar-refractivity contribution is 5.54. The summed E-state index contributed by atoms with van der Waals surface area (Å²) in [5.74, 6) is 2.70. The van der Waals surface area contributed by atoms with Crippen LogP contribution in [-0.4, -0.2) is 19.6 Å². The number of unbranched alkanes of at least 4 members (excludes halogenated alkanes) is 1. The predicted molar refractivity (Wildman–Crippen MR) is 68.4 cm³/mol. The molecule has 0 spiro atoms. The van der Waals surface area contributed by atoms with Crippen molar-refractivity contribution in [1.82, 2.24) is 5.32 Å². The number of nitrogens with one attached hydrogen (secondary N) is 1. The molecule has 0 saturated heterocycles. The third-order valence-electron chi connectivity index (χ3n) is 2.96. The molecule has 2 nitrogen and oxygen atoms in total. The van der Waals surface area contributed by atoms with Gasteiger partial charge in [0.1, 0.15) is 0 Å². The molecule has 0 amide bonds. The van der Waals surface area contributed by atoms with E-state index in [1.54, 1.807) is 0 Å². The van der Waals surface area contributed by atoms with E-state index in [0.717, 1.165) is 39.0 Å². The summed E-state index contributed by atoms with van der Waals surface area (Å²) in [6, 6.07) is 8.61. The van der Waals surface area contributed by atoms with E-state index in [0.29, 0.717) is 0 Å². The maximum atomic E-state index is 5.29. The van der Waals surface area contributed by atoms with Gasteiger partial charge in [-0.3, -0.25) is 0 Å². The Morgan fingerprint density at radius 3 is 3.12 bits per heavy atom. The van der Waals surface area contributed by atoms with Gasteiger partial charge in [-0.05, 0) is 18.1 Å². The second-order valence-corrected chi connectivity index (χ2v) is 4.10. The van der Waals surface area contributed by atoms with Gasteiger partial charge < -0.3 is 10.2 Å². The zero-order valence-electron chi connectivity index (χ0n) is 9.58. The third-order valence-corrected chi connectivity index (χ3v) is 2.96. The minimum Gasteiger partial charge on any atom is -0.370 e. The molecule has 2 heteroatoms. The van der Waals surface area contributed by atoms with Crippen molar-refractivity contribution in [3.05, 3.63) is 29.8 Å². The minimum atomic E-state index is 0.867. The number of para-hydroxylation sites is 1. The lowest BCUT2D eigenvalue weighted by atomic mass is 10.1. The zero-order valence-corrected chi connectivity index (χ0v) is 9.58. The smallest absolute Gasteiger partial charge is 0.0412 e. The second-order valence-electron chi connectivity index (χ2n) is 4.10. The molecule has 0 fully saturated rings. The number of benzene rings is 1. The Morgan fingerprint density at radius 2 is 2.25 bits per heavy atom. The summed E-state index contributed by atoms with van der Waals surface area (Å²) in [5, 5.41) is 3.44. The summed E-state index contributed by atoms with van der Waals surface area (Å²) in [7, 11) is 0. The molecule has 16 heavy (non-hydrogen) atoms. The van der Waals surface area contributed by atoms with Gasteiger partial charge in [0.05, 0.1) is 0 Å². The van der Waals surface area contributed by atoms with Gasteiger partial charge in [0, 0.05) is 38.3 Å². The standard InChI is InChI=1S/C14H18N2/c1-2-3-6-10-16-11-9-15-12-13-7-4-5-8-14(13)16/h1,4-5,7-8,15H,3,6,9-12H2. The summed E-state index contributed by atoms with van der Waals surface area (Å²) >= 11 is 0. The number of nitrogens with zero attached hydrogens (tertiary/aromatic N) is 1. The lowest BCUT2D eigenvalue weighted by molar-refractivity contribution is 0.678. The highest BCUT2D eigenvalue weighted by atomic mass is 15.2. The number of fused-ring (bicyclic) bond motifs is 1. The van der Waals surface area contributed by atoms with E-state index in [-0.39, 0.29) is 0 Å². The molecule has 2 rings (SSSR count). The van der Waals surface area contributed by atoms with E-state index in [2.05, 4.69) is 40.4 Å². The molecule has 0 bridgehead atoms. The molecule has 1 heterocycles. The molecule has 0 radical (unpaired) electrons. The minimum absolute atomic E-state index is 0.867. The van der Waals surface area contributed by atoms with Crippen molar-refractivity contribution in [2.24, 2.45) is 0 Å². The maximum Gasteiger partial charge on any atom is 0.0412 e. The average Bonchev–Trinajstić information content (AvgIpc) is 2.52. The molecule has 1 aliphatic heterocycles. The van der Waals surface area contributed by atoms with E-state index in [9.17, 15) is 0 Å². The van der Waals surface area contributed by atoms with E-state index < -0.39 is 0 Å². The highest BCUT2D eigenvalue weighted by Crippen LogP contribution is 2.22. The summed E-state index contributed by atoms with van der Waals surface area (Å²) in [4.78, 5) is 2.44. The van der Waals surface area contributed by atoms with Gasteiger partial charge >= 0.3 is 0 Å². The van der Waals surface area contributed by atoms with Crippen LogP contribution in [0.1, 0.15) is 18.4 Å². The first-order chi connectivity index (χ1) is 7.92. The van der Waals surface area contributed by atoms with Crippen LogP contribution in [0, 0.1) is 12.3 Å². The van der Waals surface area contributed by atoms with Gasteiger partial charge in [0.15, 0.2) is 0 Å². The lowest BCUT2D eigenvalue weighted by Gasteiger charge is -2.24. The summed E-state index contributed by atoms with van der Waals surface area (Å²) in [6.45, 7) is 4.15. The Hall–Kier alpha value is -1.46. The first kappa shape index (κ1) is 11.0. The van der Waals surface area contributed by atoms with Crippen molar-refractivity contribution in [3.63, 3.8) is 0 Å². The van der Waals surface area contributed by atoms with Crippen LogP contribution in [0.3, 0.4) is 0 Å². The number of terminal acetylenes is 1. The van der Waals surface area contributed by atoms with E-state index in [4.69, 9.17) is 6.42 Å². The Morgan fingerprint density at radius 1 is 1.38 bits per heavy atom. The number of hydrogen-bond acceptors (Lipinski definition) is 2. The van der Waals surface area contributed by atoms with Gasteiger partial charge in [0.25, 0.3) is 0 Å². The van der Waals surface area contributed by atoms with Crippen LogP contribution in [0.2, 0.25) is 0 Å². The summed E-state index contributed by atoms with van der Waals surface area (Å²) < 4.78 is 0. The number of hydrogen-bond donors (Lipinski definition) is 1. The van der Waals surface area contributed by atoms with Crippen LogP contribution < -0.4 is 10.2 Å². The molecule has 0 atom stereocenters. The van der Waals surface area contributed by atoms with E-state index in [1.165, 1.54) is 11.3 Å². The second kappa shape index (κ2) is 5.58. The van der Waals surface area contributed by atoms with Gasteiger partial charge in [-0.2, -0.15) is 0 Å². The van der Waals surface area contributed by atoms with Crippen molar-refractivity contribution in [3.8, 4) is 12.3 Å². The first-order valence-electron chi connectivity index (χ1n) is 5.89. The summed E-state index contributed by atoms with van der Waals surface area (Å²) in [6.07, 6.45) is 7.23. The normalized spacial score (nSPS) is 15.1. The van der Waals surface area contributed by atoms with Crippen LogP contribution in [0.5, 0.6) is 0 Å². The molecular formula is C14H18N2. The fraction of sp³-hybridized carbons (Fsp3) is 0.429. The zero-order chi connectivity index (χ0) is 11.2. The van der Waals surface area contributed by atoms with Gasteiger partial charge in [-0.1, -0.05) is 18.2 Å². The topological polar surface area (TPSA) is 15.3 Å². The number of rotatable bonds is 3. The average molecular weight is 214 g/mol. The van der Waals surface area contributed by atoms with E-state index >= 15 is 0 Å². The molecule has 1 aromatic rings. The fourth-order valence-electron chi connectivity index (χ4n) is 2.13. The van der Waals surface area contributed by atoms with Crippen molar-refractivity contribution < 1.29 is 0 Å². The molecule has 1 aliphatic rings.